The first-order chi connectivity index (χ1) is 5.83. The zero-order valence-electron chi connectivity index (χ0n) is 7.40. The third kappa shape index (κ3) is 2.76. The van der Waals surface area contributed by atoms with E-state index in [2.05, 4.69) is 0 Å². The zero-order valence-corrected chi connectivity index (χ0v) is 7.40. The molecule has 0 saturated carbocycles. The minimum absolute atomic E-state index is 1.17. The van der Waals surface area contributed by atoms with Crippen molar-refractivity contribution in [2.75, 3.05) is 14.2 Å². The van der Waals surface area contributed by atoms with Gasteiger partial charge in [-0.05, 0) is 11.6 Å². The maximum atomic E-state index is 4.92. The maximum Gasteiger partial charge on any atom is 0.0638 e. The van der Waals surface area contributed by atoms with Crippen LogP contribution in [0.3, 0.4) is 0 Å². The Morgan fingerprint density at radius 3 is 2.50 bits per heavy atom. The Kier molecular flexibility index (Phi) is 3.35. The lowest BCUT2D eigenvalue weighted by Gasteiger charge is -2.08. The summed E-state index contributed by atoms with van der Waals surface area (Å²) in [6.45, 7) is 0. The molecule has 64 valence electrons. The first-order valence-corrected chi connectivity index (χ1v) is 3.83. The molecular weight excluding hydrogens is 150 g/mol. The van der Waals surface area contributed by atoms with Crippen LogP contribution in [-0.2, 0) is 4.84 Å². The molecule has 0 aromatic heterocycles. The molecule has 0 heterocycles. The van der Waals surface area contributed by atoms with E-state index in [9.17, 15) is 0 Å². The first kappa shape index (κ1) is 8.81. The van der Waals surface area contributed by atoms with Gasteiger partial charge in [0.05, 0.1) is 7.11 Å². The third-order valence-electron chi connectivity index (χ3n) is 1.56. The van der Waals surface area contributed by atoms with Crippen LogP contribution in [0.2, 0.25) is 0 Å². The fourth-order valence-corrected chi connectivity index (χ4v) is 0.816. The molecule has 1 aromatic carbocycles. The summed E-state index contributed by atoms with van der Waals surface area (Å²) in [7, 11) is 3.48. The van der Waals surface area contributed by atoms with Crippen molar-refractivity contribution in [3.05, 3.63) is 42.1 Å². The summed E-state index contributed by atoms with van der Waals surface area (Å²) in [6, 6.07) is 10.1. The molecule has 0 aliphatic heterocycles. The van der Waals surface area contributed by atoms with E-state index in [4.69, 9.17) is 4.84 Å². The minimum atomic E-state index is 1.17. The second-order valence-corrected chi connectivity index (χ2v) is 2.46. The topological polar surface area (TPSA) is 12.5 Å². The van der Waals surface area contributed by atoms with E-state index in [1.807, 2.05) is 49.7 Å². The lowest BCUT2D eigenvalue weighted by atomic mass is 10.2. The molecule has 0 spiro atoms. The van der Waals surface area contributed by atoms with Crippen LogP contribution in [0, 0.1) is 0 Å². The van der Waals surface area contributed by atoms with Gasteiger partial charge in [0.15, 0.2) is 0 Å². The maximum absolute atomic E-state index is 4.92. The van der Waals surface area contributed by atoms with Crippen LogP contribution in [0.5, 0.6) is 0 Å². The van der Waals surface area contributed by atoms with Gasteiger partial charge in [0, 0.05) is 13.2 Å². The number of benzene rings is 1. The SMILES string of the molecule is CON(C)C=Cc1ccccc1. The van der Waals surface area contributed by atoms with Crippen molar-refractivity contribution in [3.8, 4) is 0 Å². The second kappa shape index (κ2) is 4.57. The van der Waals surface area contributed by atoms with E-state index in [0.717, 1.165) is 0 Å². The van der Waals surface area contributed by atoms with Crippen molar-refractivity contribution in [1.29, 1.82) is 0 Å². The van der Waals surface area contributed by atoms with E-state index >= 15 is 0 Å². The van der Waals surface area contributed by atoms with Gasteiger partial charge in [-0.2, -0.15) is 0 Å². The fraction of sp³-hybridized carbons (Fsp3) is 0.200. The van der Waals surface area contributed by atoms with Gasteiger partial charge in [-0.25, -0.2) is 0 Å². The van der Waals surface area contributed by atoms with Gasteiger partial charge in [0.2, 0.25) is 0 Å². The summed E-state index contributed by atoms with van der Waals surface area (Å²) in [5, 5.41) is 1.65. The normalized spacial score (nSPS) is 10.5. The fourth-order valence-electron chi connectivity index (χ4n) is 0.816. The van der Waals surface area contributed by atoms with Gasteiger partial charge in [-0.1, -0.05) is 30.3 Å². The summed E-state index contributed by atoms with van der Waals surface area (Å²) in [5.41, 5.74) is 1.17. The highest BCUT2D eigenvalue weighted by Crippen LogP contribution is 2.01. The van der Waals surface area contributed by atoms with Crippen molar-refractivity contribution < 1.29 is 4.84 Å². The third-order valence-corrected chi connectivity index (χ3v) is 1.56. The van der Waals surface area contributed by atoms with E-state index in [-0.39, 0.29) is 0 Å². The summed E-state index contributed by atoms with van der Waals surface area (Å²) in [5.74, 6) is 0. The smallest absolute Gasteiger partial charge is 0.0638 e. The average Bonchev–Trinajstić information content (AvgIpc) is 2.16. The standard InChI is InChI=1S/C10H13NO/c1-11(12-2)9-8-10-6-4-3-5-7-10/h3-9H,1-2H3. The molecule has 2 heteroatoms. The highest BCUT2D eigenvalue weighted by atomic mass is 16.7. The number of rotatable bonds is 3. The molecule has 1 rings (SSSR count). The second-order valence-electron chi connectivity index (χ2n) is 2.46. The van der Waals surface area contributed by atoms with Gasteiger partial charge in [0.25, 0.3) is 0 Å². The van der Waals surface area contributed by atoms with Crippen molar-refractivity contribution >= 4 is 6.08 Å². The van der Waals surface area contributed by atoms with Crippen LogP contribution in [0.4, 0.5) is 0 Å². The predicted octanol–water partition coefficient (Wildman–Crippen LogP) is 2.15. The Morgan fingerprint density at radius 2 is 1.92 bits per heavy atom. The Balaban J connectivity index is 2.58. The molecule has 0 radical (unpaired) electrons. The molecule has 0 N–H and O–H groups in total. The molecule has 0 aliphatic rings. The highest BCUT2D eigenvalue weighted by molar-refractivity contribution is 5.47. The van der Waals surface area contributed by atoms with E-state index in [0.29, 0.717) is 0 Å². The molecule has 0 bridgehead atoms. The average molecular weight is 163 g/mol. The number of hydrogen-bond acceptors (Lipinski definition) is 2. The zero-order chi connectivity index (χ0) is 8.81. The summed E-state index contributed by atoms with van der Waals surface area (Å²) in [4.78, 5) is 4.92. The molecule has 0 saturated heterocycles. The Hall–Kier alpha value is -1.28. The van der Waals surface area contributed by atoms with E-state index in [1.165, 1.54) is 5.56 Å². The van der Waals surface area contributed by atoms with Gasteiger partial charge in [0.1, 0.15) is 0 Å². The minimum Gasteiger partial charge on any atom is -0.278 e. The van der Waals surface area contributed by atoms with Crippen LogP contribution in [-0.4, -0.2) is 19.2 Å². The summed E-state index contributed by atoms with van der Waals surface area (Å²) in [6.07, 6.45) is 3.86. The summed E-state index contributed by atoms with van der Waals surface area (Å²) >= 11 is 0. The van der Waals surface area contributed by atoms with Crippen molar-refractivity contribution in [1.82, 2.24) is 5.06 Å². The molecule has 12 heavy (non-hydrogen) atoms. The monoisotopic (exact) mass is 163 g/mol. The van der Waals surface area contributed by atoms with E-state index < -0.39 is 0 Å². The van der Waals surface area contributed by atoms with Crippen molar-refractivity contribution in [2.24, 2.45) is 0 Å². The van der Waals surface area contributed by atoms with Gasteiger partial charge in [-0.15, -0.1) is 0 Å². The lowest BCUT2D eigenvalue weighted by molar-refractivity contribution is -0.0636. The Morgan fingerprint density at radius 1 is 1.25 bits per heavy atom. The van der Waals surface area contributed by atoms with Crippen molar-refractivity contribution in [2.45, 2.75) is 0 Å². The van der Waals surface area contributed by atoms with Crippen molar-refractivity contribution in [3.63, 3.8) is 0 Å². The van der Waals surface area contributed by atoms with Crippen LogP contribution < -0.4 is 0 Å². The van der Waals surface area contributed by atoms with Gasteiger partial charge >= 0.3 is 0 Å². The molecule has 0 aliphatic carbocycles. The molecule has 2 nitrogen and oxygen atoms in total. The van der Waals surface area contributed by atoms with Gasteiger partial charge in [-0.3, -0.25) is 9.90 Å². The molecular formula is C10H13NO. The highest BCUT2D eigenvalue weighted by Gasteiger charge is 1.84. The number of hydrogen-bond donors (Lipinski definition) is 0. The van der Waals surface area contributed by atoms with Gasteiger partial charge < -0.3 is 0 Å². The van der Waals surface area contributed by atoms with Crippen LogP contribution >= 0.6 is 0 Å². The molecule has 0 atom stereocenters. The molecule has 0 unspecified atom stereocenters. The van der Waals surface area contributed by atoms with Crippen LogP contribution in [0.1, 0.15) is 5.56 Å². The summed E-state index contributed by atoms with van der Waals surface area (Å²) < 4.78 is 0. The Bertz CT molecular complexity index is 243. The quantitative estimate of drug-likeness (QED) is 0.633. The lowest BCUT2D eigenvalue weighted by Crippen LogP contribution is -2.06. The van der Waals surface area contributed by atoms with E-state index in [1.54, 1.807) is 12.2 Å². The largest absolute Gasteiger partial charge is 0.278 e. The predicted molar refractivity (Wildman–Crippen MR) is 50.2 cm³/mol. The molecule has 0 amide bonds. The molecule has 1 aromatic rings. The number of hydroxylamine groups is 2. The molecule has 0 fully saturated rings. The van der Waals surface area contributed by atoms with Crippen LogP contribution in [0.15, 0.2) is 36.5 Å². The first-order valence-electron chi connectivity index (χ1n) is 3.83. The number of nitrogens with zero attached hydrogens (tertiary/aromatic N) is 1. The van der Waals surface area contributed by atoms with Crippen LogP contribution in [0.25, 0.3) is 6.08 Å². The Labute approximate surface area is 73.0 Å².